The summed E-state index contributed by atoms with van der Waals surface area (Å²) in [5, 5.41) is 11.8. The third kappa shape index (κ3) is 3.66. The molecule has 98 valence electrons. The number of nitrogens with zero attached hydrogens (tertiary/aromatic N) is 3. The molecule has 1 aromatic rings. The fourth-order valence-corrected chi connectivity index (χ4v) is 2.08. The molecule has 2 rings (SSSR count). The van der Waals surface area contributed by atoms with E-state index < -0.39 is 12.0 Å². The molecule has 1 aliphatic rings. The van der Waals surface area contributed by atoms with Gasteiger partial charge >= 0.3 is 12.0 Å². The van der Waals surface area contributed by atoms with E-state index in [1.807, 2.05) is 0 Å². The average Bonchev–Trinajstić information content (AvgIpc) is 3.00. The summed E-state index contributed by atoms with van der Waals surface area (Å²) in [4.78, 5) is 27.9. The van der Waals surface area contributed by atoms with Crippen LogP contribution in [0.25, 0.3) is 0 Å². The van der Waals surface area contributed by atoms with E-state index in [1.165, 1.54) is 4.90 Å². The zero-order valence-corrected chi connectivity index (χ0v) is 10.7. The molecule has 0 unspecified atom stereocenters. The van der Waals surface area contributed by atoms with Crippen LogP contribution in [-0.2, 0) is 4.79 Å². The first kappa shape index (κ1) is 12.7. The van der Waals surface area contributed by atoms with Gasteiger partial charge in [0.2, 0.25) is 5.13 Å². The van der Waals surface area contributed by atoms with Gasteiger partial charge in [-0.15, -0.1) is 0 Å². The van der Waals surface area contributed by atoms with E-state index in [0.29, 0.717) is 23.4 Å². The molecule has 1 saturated carbocycles. The Hall–Kier alpha value is -1.70. The molecule has 0 aliphatic heterocycles. The Morgan fingerprint density at radius 3 is 2.78 bits per heavy atom. The van der Waals surface area contributed by atoms with E-state index >= 15 is 0 Å². The quantitative estimate of drug-likeness (QED) is 0.837. The van der Waals surface area contributed by atoms with Crippen LogP contribution in [0.3, 0.4) is 0 Å². The normalized spacial score (nSPS) is 14.3. The minimum Gasteiger partial charge on any atom is -0.480 e. The SMILES string of the molecule is Cc1nsc(NC(=O)N(CC(=O)O)CC2CC2)n1. The molecule has 1 aromatic heterocycles. The highest BCUT2D eigenvalue weighted by Gasteiger charge is 2.28. The number of hydrogen-bond acceptors (Lipinski definition) is 5. The van der Waals surface area contributed by atoms with Crippen molar-refractivity contribution >= 4 is 28.7 Å². The molecule has 2 amide bonds. The second-order valence-electron chi connectivity index (χ2n) is 4.29. The van der Waals surface area contributed by atoms with Gasteiger partial charge in [0, 0.05) is 18.1 Å². The minimum atomic E-state index is -1.01. The van der Waals surface area contributed by atoms with Crippen molar-refractivity contribution in [1.29, 1.82) is 0 Å². The van der Waals surface area contributed by atoms with Crippen molar-refractivity contribution in [3.05, 3.63) is 5.82 Å². The molecule has 8 heteroatoms. The molecular weight excluding hydrogens is 256 g/mol. The van der Waals surface area contributed by atoms with Crippen LogP contribution in [0.5, 0.6) is 0 Å². The standard InChI is InChI=1S/C10H14N4O3S/c1-6-11-9(18-13-6)12-10(17)14(5-8(15)16)4-7-2-3-7/h7H,2-5H2,1H3,(H,15,16)(H,11,12,13,17). The van der Waals surface area contributed by atoms with Crippen LogP contribution in [0.15, 0.2) is 0 Å². The number of rotatable bonds is 5. The number of nitrogens with one attached hydrogen (secondary N) is 1. The molecule has 1 heterocycles. The second kappa shape index (κ2) is 5.30. The first-order valence-corrected chi connectivity index (χ1v) is 6.40. The highest BCUT2D eigenvalue weighted by molar-refractivity contribution is 7.09. The molecule has 1 fully saturated rings. The van der Waals surface area contributed by atoms with Crippen molar-refractivity contribution < 1.29 is 14.7 Å². The van der Waals surface area contributed by atoms with Crippen LogP contribution in [0.2, 0.25) is 0 Å². The average molecular weight is 270 g/mol. The first-order chi connectivity index (χ1) is 8.54. The van der Waals surface area contributed by atoms with Gasteiger partial charge in [-0.3, -0.25) is 10.1 Å². The number of aromatic nitrogens is 2. The molecule has 0 saturated heterocycles. The minimum absolute atomic E-state index is 0.292. The Balaban J connectivity index is 1.95. The summed E-state index contributed by atoms with van der Waals surface area (Å²) in [6.45, 7) is 1.92. The molecule has 7 nitrogen and oxygen atoms in total. The maximum atomic E-state index is 11.9. The van der Waals surface area contributed by atoms with Gasteiger partial charge in [-0.2, -0.15) is 4.37 Å². The van der Waals surface area contributed by atoms with Crippen molar-refractivity contribution in [3.8, 4) is 0 Å². The number of aliphatic carboxylic acids is 1. The third-order valence-electron chi connectivity index (χ3n) is 2.53. The van der Waals surface area contributed by atoms with Crippen LogP contribution in [0.1, 0.15) is 18.7 Å². The Bertz CT molecular complexity index is 458. The zero-order chi connectivity index (χ0) is 13.1. The Labute approximate surface area is 108 Å². The van der Waals surface area contributed by atoms with Gasteiger partial charge in [0.15, 0.2) is 0 Å². The van der Waals surface area contributed by atoms with Crippen LogP contribution < -0.4 is 5.32 Å². The van der Waals surface area contributed by atoms with Gasteiger partial charge < -0.3 is 10.0 Å². The molecule has 2 N–H and O–H groups in total. The monoisotopic (exact) mass is 270 g/mol. The van der Waals surface area contributed by atoms with E-state index in [1.54, 1.807) is 6.92 Å². The fourth-order valence-electron chi connectivity index (χ4n) is 1.51. The number of carbonyl (C=O) groups excluding carboxylic acids is 1. The lowest BCUT2D eigenvalue weighted by atomic mass is 10.4. The lowest BCUT2D eigenvalue weighted by Gasteiger charge is -2.19. The van der Waals surface area contributed by atoms with Crippen LogP contribution >= 0.6 is 11.5 Å². The molecule has 0 bridgehead atoms. The van der Waals surface area contributed by atoms with Crippen molar-refractivity contribution in [3.63, 3.8) is 0 Å². The zero-order valence-electron chi connectivity index (χ0n) is 9.92. The van der Waals surface area contributed by atoms with Crippen molar-refractivity contribution in [2.24, 2.45) is 5.92 Å². The van der Waals surface area contributed by atoms with Gasteiger partial charge in [0.25, 0.3) is 0 Å². The highest BCUT2D eigenvalue weighted by atomic mass is 32.1. The summed E-state index contributed by atoms with van der Waals surface area (Å²) in [6, 6.07) is -0.430. The molecule has 1 aliphatic carbocycles. The summed E-state index contributed by atoms with van der Waals surface area (Å²) < 4.78 is 3.94. The molecular formula is C10H14N4O3S. The lowest BCUT2D eigenvalue weighted by Crippen LogP contribution is -2.40. The number of amides is 2. The summed E-state index contributed by atoms with van der Waals surface area (Å²) in [5.41, 5.74) is 0. The maximum absolute atomic E-state index is 11.9. The van der Waals surface area contributed by atoms with Crippen LogP contribution in [0.4, 0.5) is 9.93 Å². The molecule has 0 radical (unpaired) electrons. The molecule has 0 atom stereocenters. The van der Waals surface area contributed by atoms with E-state index in [2.05, 4.69) is 14.7 Å². The Morgan fingerprint density at radius 1 is 1.56 bits per heavy atom. The Morgan fingerprint density at radius 2 is 2.28 bits per heavy atom. The van der Waals surface area contributed by atoms with Gasteiger partial charge in [0.05, 0.1) is 0 Å². The largest absolute Gasteiger partial charge is 0.480 e. The first-order valence-electron chi connectivity index (χ1n) is 5.62. The summed E-state index contributed by atoms with van der Waals surface area (Å²) >= 11 is 1.08. The van der Waals surface area contributed by atoms with E-state index in [4.69, 9.17) is 5.11 Å². The van der Waals surface area contributed by atoms with E-state index in [9.17, 15) is 9.59 Å². The van der Waals surface area contributed by atoms with Gasteiger partial charge in [-0.05, 0) is 25.7 Å². The fraction of sp³-hybridized carbons (Fsp3) is 0.600. The second-order valence-corrected chi connectivity index (χ2v) is 5.05. The number of urea groups is 1. The van der Waals surface area contributed by atoms with Gasteiger partial charge in [-0.1, -0.05) is 0 Å². The van der Waals surface area contributed by atoms with Crippen molar-refractivity contribution in [2.75, 3.05) is 18.4 Å². The van der Waals surface area contributed by atoms with E-state index in [0.717, 1.165) is 24.4 Å². The predicted molar refractivity (Wildman–Crippen MR) is 65.6 cm³/mol. The van der Waals surface area contributed by atoms with Crippen molar-refractivity contribution in [2.45, 2.75) is 19.8 Å². The smallest absolute Gasteiger partial charge is 0.324 e. The molecule has 0 spiro atoms. The van der Waals surface area contributed by atoms with Crippen molar-refractivity contribution in [1.82, 2.24) is 14.3 Å². The van der Waals surface area contributed by atoms with Gasteiger partial charge in [-0.25, -0.2) is 9.78 Å². The highest BCUT2D eigenvalue weighted by Crippen LogP contribution is 2.29. The van der Waals surface area contributed by atoms with Gasteiger partial charge in [0.1, 0.15) is 12.4 Å². The maximum Gasteiger partial charge on any atom is 0.324 e. The topological polar surface area (TPSA) is 95.4 Å². The Kier molecular flexibility index (Phi) is 3.75. The lowest BCUT2D eigenvalue weighted by molar-refractivity contribution is -0.137. The number of hydrogen-bond donors (Lipinski definition) is 2. The number of carboxylic acid groups (broad SMARTS) is 1. The number of carbonyl (C=O) groups is 2. The summed E-state index contributed by atoms with van der Waals surface area (Å²) in [7, 11) is 0. The predicted octanol–water partition coefficient (Wildman–Crippen LogP) is 1.18. The summed E-state index contributed by atoms with van der Waals surface area (Å²) in [6.07, 6.45) is 2.11. The summed E-state index contributed by atoms with van der Waals surface area (Å²) in [5.74, 6) is 0.00720. The molecule has 18 heavy (non-hydrogen) atoms. The number of aryl methyl sites for hydroxylation is 1. The number of anilines is 1. The number of carboxylic acids is 1. The van der Waals surface area contributed by atoms with E-state index in [-0.39, 0.29) is 6.54 Å². The third-order valence-corrected chi connectivity index (χ3v) is 3.25. The van der Waals surface area contributed by atoms with Crippen LogP contribution in [-0.4, -0.2) is 44.5 Å². The van der Waals surface area contributed by atoms with Crippen LogP contribution in [0, 0.1) is 12.8 Å². The molecule has 0 aromatic carbocycles.